The molecule has 1 unspecified atom stereocenters. The summed E-state index contributed by atoms with van der Waals surface area (Å²) in [4.78, 5) is 1.77. The third-order valence-corrected chi connectivity index (χ3v) is 2.74. The number of ether oxygens (including phenoxy) is 1. The largest absolute Gasteiger partial charge is 0.417 e. The van der Waals surface area contributed by atoms with E-state index in [-0.39, 0.29) is 19.4 Å². The van der Waals surface area contributed by atoms with E-state index in [1.54, 1.807) is 32.1 Å². The van der Waals surface area contributed by atoms with Crippen LogP contribution in [0.15, 0.2) is 11.8 Å². The van der Waals surface area contributed by atoms with Crippen molar-refractivity contribution in [1.82, 2.24) is 4.90 Å². The summed E-state index contributed by atoms with van der Waals surface area (Å²) in [6.45, 7) is 1.69. The first-order valence-electron chi connectivity index (χ1n) is 5.37. The molecule has 0 saturated heterocycles. The van der Waals surface area contributed by atoms with Gasteiger partial charge >= 0.3 is 6.18 Å². The van der Waals surface area contributed by atoms with Crippen LogP contribution in [-0.2, 0) is 4.74 Å². The number of nitrogens with zero attached hydrogens (tertiary/aromatic N) is 1. The molecule has 94 valence electrons. The highest BCUT2D eigenvalue weighted by molar-refractivity contribution is 5.16. The van der Waals surface area contributed by atoms with Crippen LogP contribution in [0, 0.1) is 0 Å². The van der Waals surface area contributed by atoms with Crippen molar-refractivity contribution in [2.45, 2.75) is 38.0 Å². The molecule has 1 aliphatic carbocycles. The molecule has 0 radical (unpaired) electrons. The Labute approximate surface area is 94.1 Å². The molecule has 1 atom stereocenters. The predicted molar refractivity (Wildman–Crippen MR) is 56.0 cm³/mol. The molecule has 2 nitrogen and oxygen atoms in total. The van der Waals surface area contributed by atoms with Gasteiger partial charge < -0.3 is 9.64 Å². The highest BCUT2D eigenvalue weighted by Crippen LogP contribution is 2.47. The molecule has 0 N–H and O–H groups in total. The molecule has 16 heavy (non-hydrogen) atoms. The minimum atomic E-state index is -4.29. The maximum absolute atomic E-state index is 12.9. The fraction of sp³-hybridized carbons (Fsp3) is 0.818. The van der Waals surface area contributed by atoms with E-state index in [1.165, 1.54) is 0 Å². The highest BCUT2D eigenvalue weighted by Gasteiger charge is 2.58. The molecule has 5 heteroatoms. The summed E-state index contributed by atoms with van der Waals surface area (Å²) >= 11 is 0. The standard InChI is InChI=1S/C11H18F3NO/c1-4-16-10(11(12,13)14)6-5-9(7-10)8-15(2)3/h8H,4-7H2,1-3H3/b9-8-. The lowest BCUT2D eigenvalue weighted by molar-refractivity contribution is -0.273. The van der Waals surface area contributed by atoms with Crippen molar-refractivity contribution >= 4 is 0 Å². The Kier molecular flexibility index (Phi) is 3.88. The van der Waals surface area contributed by atoms with Gasteiger partial charge in [0.1, 0.15) is 0 Å². The van der Waals surface area contributed by atoms with Crippen molar-refractivity contribution in [2.24, 2.45) is 0 Å². The Bertz CT molecular complexity index is 273. The van der Waals surface area contributed by atoms with Crippen molar-refractivity contribution in [3.63, 3.8) is 0 Å². The van der Waals surface area contributed by atoms with E-state index >= 15 is 0 Å². The molecular formula is C11H18F3NO. The first-order valence-corrected chi connectivity index (χ1v) is 5.37. The molecule has 0 aromatic heterocycles. The van der Waals surface area contributed by atoms with Crippen LogP contribution >= 0.6 is 0 Å². The van der Waals surface area contributed by atoms with Gasteiger partial charge in [0, 0.05) is 27.1 Å². The third kappa shape index (κ3) is 2.70. The summed E-state index contributed by atoms with van der Waals surface area (Å²) in [7, 11) is 3.61. The zero-order chi connectivity index (χ0) is 12.4. The first-order chi connectivity index (χ1) is 7.31. The van der Waals surface area contributed by atoms with Crippen molar-refractivity contribution in [1.29, 1.82) is 0 Å². The van der Waals surface area contributed by atoms with E-state index in [4.69, 9.17) is 4.74 Å². The molecule has 0 spiro atoms. The van der Waals surface area contributed by atoms with Gasteiger partial charge in [-0.15, -0.1) is 0 Å². The van der Waals surface area contributed by atoms with Crippen molar-refractivity contribution < 1.29 is 17.9 Å². The van der Waals surface area contributed by atoms with Gasteiger partial charge in [-0.05, 0) is 26.0 Å². The monoisotopic (exact) mass is 237 g/mol. The molecule has 0 aromatic rings. The summed E-state index contributed by atoms with van der Waals surface area (Å²) in [6.07, 6.45) is -2.08. The molecule has 1 aliphatic rings. The lowest BCUT2D eigenvalue weighted by Crippen LogP contribution is -2.45. The number of hydrogen-bond acceptors (Lipinski definition) is 2. The smallest absolute Gasteiger partial charge is 0.384 e. The fourth-order valence-corrected chi connectivity index (χ4v) is 2.10. The van der Waals surface area contributed by atoms with E-state index in [0.29, 0.717) is 6.42 Å². The van der Waals surface area contributed by atoms with Crippen LogP contribution < -0.4 is 0 Å². The summed E-state index contributed by atoms with van der Waals surface area (Å²) < 4.78 is 43.8. The molecule has 0 aromatic carbocycles. The molecule has 0 aliphatic heterocycles. The van der Waals surface area contributed by atoms with Crippen molar-refractivity contribution in [2.75, 3.05) is 20.7 Å². The Balaban J connectivity index is 2.85. The summed E-state index contributed by atoms with van der Waals surface area (Å²) in [5.41, 5.74) is -1.15. The molecule has 1 saturated carbocycles. The van der Waals surface area contributed by atoms with E-state index in [1.807, 2.05) is 0 Å². The molecule has 0 amide bonds. The normalized spacial score (nSPS) is 28.8. The van der Waals surface area contributed by atoms with Crippen LogP contribution in [0.1, 0.15) is 26.2 Å². The Hall–Kier alpha value is -0.710. The average molecular weight is 237 g/mol. The average Bonchev–Trinajstić information content (AvgIpc) is 2.48. The quantitative estimate of drug-likeness (QED) is 0.748. The lowest BCUT2D eigenvalue weighted by Gasteiger charge is -2.31. The van der Waals surface area contributed by atoms with E-state index < -0.39 is 11.8 Å². The van der Waals surface area contributed by atoms with Crippen LogP contribution in [0.4, 0.5) is 13.2 Å². The van der Waals surface area contributed by atoms with Crippen LogP contribution in [0.25, 0.3) is 0 Å². The van der Waals surface area contributed by atoms with Crippen LogP contribution in [0.5, 0.6) is 0 Å². The second kappa shape index (κ2) is 4.65. The Morgan fingerprint density at radius 2 is 2.06 bits per heavy atom. The minimum absolute atomic E-state index is 0.0318. The minimum Gasteiger partial charge on any atom is -0.384 e. The van der Waals surface area contributed by atoms with Gasteiger partial charge in [-0.2, -0.15) is 13.2 Å². The SMILES string of the molecule is CCOC1(C(F)(F)F)CC/C(=C/N(C)C)C1. The highest BCUT2D eigenvalue weighted by atomic mass is 19.4. The van der Waals surface area contributed by atoms with E-state index in [0.717, 1.165) is 5.57 Å². The molecule has 1 fully saturated rings. The topological polar surface area (TPSA) is 12.5 Å². The van der Waals surface area contributed by atoms with Gasteiger partial charge in [0.15, 0.2) is 5.60 Å². The molecule has 0 heterocycles. The summed E-state index contributed by atoms with van der Waals surface area (Å²) in [5.74, 6) is 0. The van der Waals surface area contributed by atoms with Gasteiger partial charge in [-0.1, -0.05) is 5.57 Å². The number of hydrogen-bond donors (Lipinski definition) is 0. The third-order valence-electron chi connectivity index (χ3n) is 2.74. The second-order valence-corrected chi connectivity index (χ2v) is 4.35. The lowest BCUT2D eigenvalue weighted by atomic mass is 10.0. The molecular weight excluding hydrogens is 219 g/mol. The van der Waals surface area contributed by atoms with Gasteiger partial charge in [0.05, 0.1) is 0 Å². The number of alkyl halides is 3. The summed E-state index contributed by atoms with van der Waals surface area (Å²) in [6, 6.07) is 0. The van der Waals surface area contributed by atoms with Gasteiger partial charge in [-0.25, -0.2) is 0 Å². The zero-order valence-electron chi connectivity index (χ0n) is 9.90. The number of halogens is 3. The molecule has 0 bridgehead atoms. The fourth-order valence-electron chi connectivity index (χ4n) is 2.10. The van der Waals surface area contributed by atoms with Crippen LogP contribution in [0.2, 0.25) is 0 Å². The van der Waals surface area contributed by atoms with E-state index in [2.05, 4.69) is 0 Å². The Morgan fingerprint density at radius 1 is 1.44 bits per heavy atom. The van der Waals surface area contributed by atoms with Crippen LogP contribution in [0.3, 0.4) is 0 Å². The molecule has 1 rings (SSSR count). The van der Waals surface area contributed by atoms with Gasteiger partial charge in [0.25, 0.3) is 0 Å². The summed E-state index contributed by atoms with van der Waals surface area (Å²) in [5, 5.41) is 0. The maximum atomic E-state index is 12.9. The maximum Gasteiger partial charge on any atom is 0.417 e. The van der Waals surface area contributed by atoms with Gasteiger partial charge in [0.2, 0.25) is 0 Å². The van der Waals surface area contributed by atoms with Crippen molar-refractivity contribution in [3.05, 3.63) is 11.8 Å². The number of rotatable bonds is 3. The second-order valence-electron chi connectivity index (χ2n) is 4.35. The predicted octanol–water partition coefficient (Wildman–Crippen LogP) is 2.95. The van der Waals surface area contributed by atoms with E-state index in [9.17, 15) is 13.2 Å². The Morgan fingerprint density at radius 3 is 2.50 bits per heavy atom. The van der Waals surface area contributed by atoms with Gasteiger partial charge in [-0.3, -0.25) is 0 Å². The zero-order valence-corrected chi connectivity index (χ0v) is 9.90. The first kappa shape index (κ1) is 13.4. The van der Waals surface area contributed by atoms with Crippen LogP contribution in [-0.4, -0.2) is 37.4 Å². The van der Waals surface area contributed by atoms with Crippen molar-refractivity contribution in [3.8, 4) is 0 Å².